The fourth-order valence-corrected chi connectivity index (χ4v) is 5.41. The molecule has 0 bridgehead atoms. The Hall–Kier alpha value is -4.27. The van der Waals surface area contributed by atoms with E-state index >= 15 is 0 Å². The molecule has 0 amide bonds. The highest BCUT2D eigenvalue weighted by molar-refractivity contribution is 6.16. The fraction of sp³-hybridized carbons (Fsp3) is 0.114. The highest BCUT2D eigenvalue weighted by Gasteiger charge is 2.29. The smallest absolute Gasteiger partial charge is 0.187 e. The molecule has 180 valence electrons. The first-order chi connectivity index (χ1) is 18.2. The van der Waals surface area contributed by atoms with Gasteiger partial charge in [0, 0.05) is 30.3 Å². The molecule has 0 unspecified atom stereocenters. The van der Waals surface area contributed by atoms with Crippen LogP contribution in [-0.4, -0.2) is 23.8 Å². The average molecular weight is 480 g/mol. The lowest BCUT2D eigenvalue weighted by atomic mass is 9.91. The van der Waals surface area contributed by atoms with Gasteiger partial charge in [0.05, 0.1) is 0 Å². The number of ketones is 1. The Morgan fingerprint density at radius 3 is 1.59 bits per heavy atom. The molecule has 5 aromatic rings. The number of nitrogens with zero attached hydrogens (tertiary/aromatic N) is 1. The third kappa shape index (κ3) is 4.64. The molecule has 2 heteroatoms. The lowest BCUT2D eigenvalue weighted by Crippen LogP contribution is -2.39. The van der Waals surface area contributed by atoms with Crippen molar-refractivity contribution in [1.82, 2.24) is 4.90 Å². The summed E-state index contributed by atoms with van der Waals surface area (Å²) in [6, 6.07) is 40.1. The molecule has 37 heavy (non-hydrogen) atoms. The number of Topliss-reactive ketones (excluding diaryl/α,β-unsaturated/α-hetero) is 1. The van der Waals surface area contributed by atoms with Crippen molar-refractivity contribution in [3.05, 3.63) is 143 Å². The Kier molecular flexibility index (Phi) is 6.26. The van der Waals surface area contributed by atoms with Crippen molar-refractivity contribution in [2.45, 2.75) is 13.0 Å². The van der Waals surface area contributed by atoms with E-state index in [2.05, 4.69) is 133 Å². The molecule has 1 atom stereocenters. The predicted octanol–water partition coefficient (Wildman–Crippen LogP) is 8.11. The first kappa shape index (κ1) is 23.1. The number of fused-ring (bicyclic) bond motifs is 2. The molecule has 0 spiro atoms. The van der Waals surface area contributed by atoms with Gasteiger partial charge in [-0.25, -0.2) is 0 Å². The number of hydrogen-bond acceptors (Lipinski definition) is 2. The van der Waals surface area contributed by atoms with Crippen molar-refractivity contribution in [3.63, 3.8) is 0 Å². The zero-order valence-electron chi connectivity index (χ0n) is 21.0. The summed E-state index contributed by atoms with van der Waals surface area (Å²) in [6.07, 6.45) is 4.21. The summed E-state index contributed by atoms with van der Waals surface area (Å²) in [7, 11) is 0. The summed E-state index contributed by atoms with van der Waals surface area (Å²) in [6.45, 7) is 3.46. The second-order valence-corrected chi connectivity index (χ2v) is 9.80. The summed E-state index contributed by atoms with van der Waals surface area (Å²) in [4.78, 5) is 16.4. The molecule has 1 saturated heterocycles. The molecule has 1 fully saturated rings. The van der Waals surface area contributed by atoms with Gasteiger partial charge in [-0.05, 0) is 57.3 Å². The lowest BCUT2D eigenvalue weighted by Gasteiger charge is -2.35. The molecule has 6 rings (SSSR count). The van der Waals surface area contributed by atoms with Crippen LogP contribution in [0.5, 0.6) is 0 Å². The molecule has 0 aromatic heterocycles. The number of likely N-dealkylation sites (tertiary alicyclic amines) is 1. The molecule has 1 aliphatic rings. The molecule has 1 aliphatic heterocycles. The van der Waals surface area contributed by atoms with Crippen LogP contribution >= 0.6 is 0 Å². The third-order valence-corrected chi connectivity index (χ3v) is 7.47. The SMILES string of the molecule is C[C@H](c1ccccc1)N1C/C(=C\c2cccc3ccccc23)C(=O)/C(=C/c2cccc3ccccc23)C1. The normalized spacial score (nSPS) is 17.6. The largest absolute Gasteiger partial charge is 0.289 e. The molecular formula is C35H29NO. The minimum absolute atomic E-state index is 0.136. The van der Waals surface area contributed by atoms with Crippen LogP contribution in [0.4, 0.5) is 0 Å². The van der Waals surface area contributed by atoms with Crippen LogP contribution < -0.4 is 0 Å². The summed E-state index contributed by atoms with van der Waals surface area (Å²) < 4.78 is 0. The molecular weight excluding hydrogens is 450 g/mol. The Bertz CT molecular complexity index is 1550. The van der Waals surface area contributed by atoms with Crippen LogP contribution in [0.25, 0.3) is 33.7 Å². The van der Waals surface area contributed by atoms with E-state index in [4.69, 9.17) is 0 Å². The maximum absolute atomic E-state index is 13.9. The summed E-state index contributed by atoms with van der Waals surface area (Å²) in [5.41, 5.74) is 5.08. The van der Waals surface area contributed by atoms with Crippen LogP contribution in [0.1, 0.15) is 29.7 Å². The van der Waals surface area contributed by atoms with Crippen molar-refractivity contribution in [2.75, 3.05) is 13.1 Å². The zero-order chi connectivity index (χ0) is 25.2. The summed E-state index contributed by atoms with van der Waals surface area (Å²) in [5, 5.41) is 4.69. The van der Waals surface area contributed by atoms with E-state index in [0.29, 0.717) is 13.1 Å². The lowest BCUT2D eigenvalue weighted by molar-refractivity contribution is -0.113. The van der Waals surface area contributed by atoms with Crippen molar-refractivity contribution in [2.24, 2.45) is 0 Å². The first-order valence-corrected chi connectivity index (χ1v) is 12.9. The van der Waals surface area contributed by atoms with Crippen LogP contribution in [0.3, 0.4) is 0 Å². The highest BCUT2D eigenvalue weighted by Crippen LogP contribution is 2.31. The summed E-state index contributed by atoms with van der Waals surface area (Å²) >= 11 is 0. The number of carbonyl (C=O) groups is 1. The number of benzene rings is 5. The van der Waals surface area contributed by atoms with Crippen molar-refractivity contribution in [1.29, 1.82) is 0 Å². The predicted molar refractivity (Wildman–Crippen MR) is 155 cm³/mol. The van der Waals surface area contributed by atoms with Crippen molar-refractivity contribution in [3.8, 4) is 0 Å². The van der Waals surface area contributed by atoms with Crippen LogP contribution in [0.2, 0.25) is 0 Å². The maximum Gasteiger partial charge on any atom is 0.187 e. The van der Waals surface area contributed by atoms with Gasteiger partial charge in [-0.3, -0.25) is 9.69 Å². The van der Waals surface area contributed by atoms with Gasteiger partial charge in [0.1, 0.15) is 0 Å². The van der Waals surface area contributed by atoms with E-state index in [1.54, 1.807) is 0 Å². The Balaban J connectivity index is 1.46. The molecule has 0 radical (unpaired) electrons. The Morgan fingerprint density at radius 1 is 0.595 bits per heavy atom. The van der Waals surface area contributed by atoms with Gasteiger partial charge in [0.2, 0.25) is 0 Å². The van der Waals surface area contributed by atoms with E-state index in [0.717, 1.165) is 33.0 Å². The summed E-state index contributed by atoms with van der Waals surface area (Å²) in [5.74, 6) is 0.136. The van der Waals surface area contributed by atoms with Crippen molar-refractivity contribution < 1.29 is 4.79 Å². The van der Waals surface area contributed by atoms with Crippen LogP contribution in [0, 0.1) is 0 Å². The van der Waals surface area contributed by atoms with Crippen LogP contribution in [0.15, 0.2) is 126 Å². The first-order valence-electron chi connectivity index (χ1n) is 12.9. The highest BCUT2D eigenvalue weighted by atomic mass is 16.1. The number of rotatable bonds is 4. The maximum atomic E-state index is 13.9. The Morgan fingerprint density at radius 2 is 1.05 bits per heavy atom. The molecule has 2 nitrogen and oxygen atoms in total. The molecule has 1 heterocycles. The fourth-order valence-electron chi connectivity index (χ4n) is 5.41. The van der Waals surface area contributed by atoms with E-state index in [1.807, 2.05) is 6.07 Å². The average Bonchev–Trinajstić information content (AvgIpc) is 2.95. The van der Waals surface area contributed by atoms with Gasteiger partial charge in [-0.15, -0.1) is 0 Å². The molecule has 0 saturated carbocycles. The van der Waals surface area contributed by atoms with E-state index in [-0.39, 0.29) is 11.8 Å². The molecule has 0 N–H and O–H groups in total. The van der Waals surface area contributed by atoms with Crippen molar-refractivity contribution >= 4 is 39.5 Å². The molecule has 5 aromatic carbocycles. The quantitative estimate of drug-likeness (QED) is 0.243. The second-order valence-electron chi connectivity index (χ2n) is 9.80. The second kappa shape index (κ2) is 10.0. The topological polar surface area (TPSA) is 20.3 Å². The van der Waals surface area contributed by atoms with E-state index < -0.39 is 0 Å². The standard InChI is InChI=1S/C35H29NO/c1-25(26-11-3-2-4-12-26)36-23-31(21-29-17-9-15-27-13-5-7-19-33(27)29)35(37)32(24-36)22-30-18-10-16-28-14-6-8-20-34(28)30/h2-22,25H,23-24H2,1H3/b31-21+,32-22+/t25-/m1/s1. The van der Waals surface area contributed by atoms with Crippen LogP contribution in [-0.2, 0) is 4.79 Å². The Labute approximate surface area is 218 Å². The van der Waals surface area contributed by atoms with Gasteiger partial charge >= 0.3 is 0 Å². The van der Waals surface area contributed by atoms with Gasteiger partial charge in [-0.2, -0.15) is 0 Å². The van der Waals surface area contributed by atoms with E-state index in [1.165, 1.54) is 16.3 Å². The van der Waals surface area contributed by atoms with E-state index in [9.17, 15) is 4.79 Å². The third-order valence-electron chi connectivity index (χ3n) is 7.47. The number of hydrogen-bond donors (Lipinski definition) is 0. The van der Waals surface area contributed by atoms with Gasteiger partial charge in [0.15, 0.2) is 5.78 Å². The number of piperidine rings is 1. The van der Waals surface area contributed by atoms with Gasteiger partial charge < -0.3 is 0 Å². The van der Waals surface area contributed by atoms with Gasteiger partial charge in [-0.1, -0.05) is 115 Å². The van der Waals surface area contributed by atoms with Gasteiger partial charge in [0.25, 0.3) is 0 Å². The molecule has 0 aliphatic carbocycles. The monoisotopic (exact) mass is 479 g/mol. The zero-order valence-corrected chi connectivity index (χ0v) is 21.0. The minimum atomic E-state index is 0.136. The number of carbonyl (C=O) groups excluding carboxylic acids is 1. The minimum Gasteiger partial charge on any atom is -0.289 e.